The number of alkyl halides is 3. The maximum absolute atomic E-state index is 12.8. The second-order valence-electron chi connectivity index (χ2n) is 9.28. The van der Waals surface area contributed by atoms with Crippen LogP contribution >= 0.6 is 23.1 Å². The number of nitrogens with zero attached hydrogens (tertiary/aromatic N) is 5. The molecule has 4 rings (SSSR count). The lowest BCUT2D eigenvalue weighted by Gasteiger charge is -2.35. The number of benzene rings is 1. The van der Waals surface area contributed by atoms with Crippen LogP contribution in [0.4, 0.5) is 18.3 Å². The number of carbonyl (C=O) groups excluding carboxylic acids is 1. The second kappa shape index (κ2) is 11.9. The first kappa shape index (κ1) is 26.2. The molecule has 0 saturated carbocycles. The van der Waals surface area contributed by atoms with E-state index in [1.165, 1.54) is 12.1 Å². The van der Waals surface area contributed by atoms with Crippen LogP contribution in [0.1, 0.15) is 36.3 Å². The smallest absolute Gasteiger partial charge is 0.344 e. The van der Waals surface area contributed by atoms with Crippen molar-refractivity contribution in [2.24, 2.45) is 5.92 Å². The summed E-state index contributed by atoms with van der Waals surface area (Å²) in [5.41, 5.74) is -3.24. The van der Waals surface area contributed by atoms with Crippen LogP contribution in [0.3, 0.4) is 0 Å². The number of carbonyl (C=O) groups is 1. The molecule has 0 unspecified atom stereocenters. The molecule has 0 radical (unpaired) electrons. The van der Waals surface area contributed by atoms with Gasteiger partial charge in [-0.1, -0.05) is 23.5 Å². The predicted octanol–water partition coefficient (Wildman–Crippen LogP) is 4.84. The van der Waals surface area contributed by atoms with Gasteiger partial charge in [0.1, 0.15) is 5.01 Å². The van der Waals surface area contributed by atoms with Gasteiger partial charge in [-0.3, -0.25) is 9.69 Å². The molecule has 6 nitrogen and oxygen atoms in total. The van der Waals surface area contributed by atoms with Crippen LogP contribution in [0.15, 0.2) is 29.2 Å². The Morgan fingerprint density at radius 3 is 2.51 bits per heavy atom. The molecule has 0 aliphatic carbocycles. The van der Waals surface area contributed by atoms with Gasteiger partial charge in [-0.15, -0.1) is 10.2 Å². The van der Waals surface area contributed by atoms with Gasteiger partial charge < -0.3 is 9.80 Å². The monoisotopic (exact) mass is 527 g/mol. The average molecular weight is 528 g/mol. The number of aryl methyl sites for hydroxylation is 1. The molecule has 192 valence electrons. The minimum atomic E-state index is -4.27. The van der Waals surface area contributed by atoms with Crippen molar-refractivity contribution < 1.29 is 18.0 Å². The van der Waals surface area contributed by atoms with Crippen LogP contribution in [0.2, 0.25) is 0 Å². The normalized spacial score (nSPS) is 19.8. The fourth-order valence-electron chi connectivity index (χ4n) is 4.81. The van der Waals surface area contributed by atoms with Crippen molar-refractivity contribution in [2.45, 2.75) is 49.4 Å². The van der Waals surface area contributed by atoms with E-state index >= 15 is 0 Å². The van der Waals surface area contributed by atoms with E-state index in [-0.39, 0.29) is 22.6 Å². The fourth-order valence-corrected chi connectivity index (χ4v) is 6.09. The third-order valence-corrected chi connectivity index (χ3v) is 8.21. The van der Waals surface area contributed by atoms with E-state index in [4.69, 9.17) is 0 Å². The molecule has 1 aromatic heterocycles. The lowest BCUT2D eigenvalue weighted by Crippen LogP contribution is -2.47. The highest BCUT2D eigenvalue weighted by Crippen LogP contribution is 2.37. The molecule has 1 aromatic carbocycles. The summed E-state index contributed by atoms with van der Waals surface area (Å²) in [6.45, 7) is 8.25. The number of thioether (sulfide) groups is 1. The molecular formula is C24H32F3N5OS2. The van der Waals surface area contributed by atoms with Gasteiger partial charge in [0.25, 0.3) is 0 Å². The lowest BCUT2D eigenvalue weighted by molar-refractivity contribution is -0.133. The molecule has 1 amide bonds. The summed E-state index contributed by atoms with van der Waals surface area (Å²) in [6, 6.07) is 6.63. The van der Waals surface area contributed by atoms with Crippen molar-refractivity contribution in [3.63, 3.8) is 0 Å². The summed E-state index contributed by atoms with van der Waals surface area (Å²) in [7, 11) is 0. The molecule has 1 atom stereocenters. The fraction of sp³-hybridized carbons (Fsp3) is 0.625. The number of rotatable bonds is 8. The molecule has 0 bridgehead atoms. The zero-order valence-corrected chi connectivity index (χ0v) is 21.6. The van der Waals surface area contributed by atoms with Crippen molar-refractivity contribution >= 4 is 34.1 Å². The number of piperidine rings is 1. The predicted molar refractivity (Wildman–Crippen MR) is 134 cm³/mol. The number of likely N-dealkylation sites (tertiary alicyclic amines) is 1. The third kappa shape index (κ3) is 8.08. The van der Waals surface area contributed by atoms with Crippen LogP contribution in [0.25, 0.3) is 0 Å². The molecule has 11 heteroatoms. The number of hydrogen-bond acceptors (Lipinski definition) is 7. The molecule has 2 saturated heterocycles. The molecule has 2 aromatic rings. The standard InChI is InChI=1S/C24H32F3N5OS2/c1-18-28-29-23(34-18)31-14-12-30(13-15-31)10-3-5-22(33)32-11-2-4-20(17-32)16-19-6-8-21(9-7-19)35-24(25,26)27/h6-9,20H,2-5,10-17H2,1H3/t20-/m1/s1. The molecule has 2 aliphatic rings. The summed E-state index contributed by atoms with van der Waals surface area (Å²) in [6.07, 6.45) is 4.23. The molecule has 3 heterocycles. The van der Waals surface area contributed by atoms with Gasteiger partial charge >= 0.3 is 5.51 Å². The molecular weight excluding hydrogens is 495 g/mol. The van der Waals surface area contributed by atoms with Crippen LogP contribution in [0.5, 0.6) is 0 Å². The topological polar surface area (TPSA) is 52.6 Å². The van der Waals surface area contributed by atoms with Crippen LogP contribution in [-0.4, -0.2) is 77.2 Å². The van der Waals surface area contributed by atoms with Gasteiger partial charge in [0, 0.05) is 50.6 Å². The van der Waals surface area contributed by atoms with E-state index in [0.29, 0.717) is 12.3 Å². The Morgan fingerprint density at radius 1 is 1.11 bits per heavy atom. The maximum atomic E-state index is 12.8. The third-order valence-electron chi connectivity index (χ3n) is 6.58. The first-order valence-electron chi connectivity index (χ1n) is 12.1. The van der Waals surface area contributed by atoms with Crippen molar-refractivity contribution in [3.05, 3.63) is 34.8 Å². The number of anilines is 1. The van der Waals surface area contributed by atoms with Crippen LogP contribution < -0.4 is 4.90 Å². The molecule has 2 aliphatic heterocycles. The lowest BCUT2D eigenvalue weighted by atomic mass is 9.91. The van der Waals surface area contributed by atoms with E-state index in [9.17, 15) is 18.0 Å². The van der Waals surface area contributed by atoms with E-state index in [2.05, 4.69) is 20.0 Å². The van der Waals surface area contributed by atoms with Gasteiger partial charge in [-0.2, -0.15) is 13.2 Å². The zero-order valence-electron chi connectivity index (χ0n) is 20.0. The minimum Gasteiger partial charge on any atom is -0.344 e. The Labute approximate surface area is 212 Å². The quantitative estimate of drug-likeness (QED) is 0.458. The van der Waals surface area contributed by atoms with E-state index in [1.54, 1.807) is 23.5 Å². The van der Waals surface area contributed by atoms with Gasteiger partial charge in [0.05, 0.1) is 0 Å². The Balaban J connectivity index is 1.16. The van der Waals surface area contributed by atoms with Crippen molar-refractivity contribution in [3.8, 4) is 0 Å². The Morgan fingerprint density at radius 2 is 1.86 bits per heavy atom. The largest absolute Gasteiger partial charge is 0.446 e. The highest BCUT2D eigenvalue weighted by Gasteiger charge is 2.29. The Kier molecular flexibility index (Phi) is 8.93. The van der Waals surface area contributed by atoms with Crippen LogP contribution in [0, 0.1) is 12.8 Å². The maximum Gasteiger partial charge on any atom is 0.446 e. The Hall–Kier alpha value is -1.85. The number of halogens is 3. The second-order valence-corrected chi connectivity index (χ2v) is 11.6. The van der Waals surface area contributed by atoms with Gasteiger partial charge in [0.15, 0.2) is 0 Å². The summed E-state index contributed by atoms with van der Waals surface area (Å²) < 4.78 is 37.6. The van der Waals surface area contributed by atoms with Gasteiger partial charge in [-0.05, 0) is 74.5 Å². The van der Waals surface area contributed by atoms with E-state index in [0.717, 1.165) is 87.2 Å². The highest BCUT2D eigenvalue weighted by molar-refractivity contribution is 8.00. The van der Waals surface area contributed by atoms with E-state index < -0.39 is 5.51 Å². The van der Waals surface area contributed by atoms with Gasteiger partial charge in [0.2, 0.25) is 11.0 Å². The average Bonchev–Trinajstić information content (AvgIpc) is 3.26. The highest BCUT2D eigenvalue weighted by atomic mass is 32.2. The summed E-state index contributed by atoms with van der Waals surface area (Å²) >= 11 is 1.54. The first-order chi connectivity index (χ1) is 16.7. The summed E-state index contributed by atoms with van der Waals surface area (Å²) in [4.78, 5) is 19.7. The molecule has 2 fully saturated rings. The van der Waals surface area contributed by atoms with Crippen molar-refractivity contribution in [2.75, 3.05) is 50.7 Å². The number of piperazine rings is 1. The number of hydrogen-bond donors (Lipinski definition) is 0. The zero-order chi connectivity index (χ0) is 24.8. The molecule has 0 N–H and O–H groups in total. The first-order valence-corrected chi connectivity index (χ1v) is 13.8. The minimum absolute atomic E-state index is 0.0861. The Bertz CT molecular complexity index is 961. The molecule has 0 spiro atoms. The number of amides is 1. The summed E-state index contributed by atoms with van der Waals surface area (Å²) in [5, 5.41) is 10.3. The summed E-state index contributed by atoms with van der Waals surface area (Å²) in [5.74, 6) is 0.570. The van der Waals surface area contributed by atoms with Crippen LogP contribution in [-0.2, 0) is 11.2 Å². The van der Waals surface area contributed by atoms with Crippen molar-refractivity contribution in [1.82, 2.24) is 20.0 Å². The van der Waals surface area contributed by atoms with E-state index in [1.807, 2.05) is 11.8 Å². The van der Waals surface area contributed by atoms with Crippen molar-refractivity contribution in [1.29, 1.82) is 0 Å². The number of aromatic nitrogens is 2. The SMILES string of the molecule is Cc1nnc(N2CCN(CCCC(=O)N3CCC[C@H](Cc4ccc(SC(F)(F)F)cc4)C3)CC2)s1. The molecule has 35 heavy (non-hydrogen) atoms. The van der Waals surface area contributed by atoms with Gasteiger partial charge in [-0.25, -0.2) is 0 Å².